The summed E-state index contributed by atoms with van der Waals surface area (Å²) in [4.78, 5) is 19.2. The highest BCUT2D eigenvalue weighted by Gasteiger charge is 2.21. The Hall–Kier alpha value is -3.02. The predicted octanol–water partition coefficient (Wildman–Crippen LogP) is 4.41. The van der Waals surface area contributed by atoms with Gasteiger partial charge in [-0.1, -0.05) is 35.5 Å². The van der Waals surface area contributed by atoms with Crippen LogP contribution in [-0.2, 0) is 6.61 Å². The third kappa shape index (κ3) is 4.21. The van der Waals surface area contributed by atoms with Gasteiger partial charge in [-0.15, -0.1) is 0 Å². The van der Waals surface area contributed by atoms with Crippen molar-refractivity contribution in [2.75, 3.05) is 13.4 Å². The number of aromatic nitrogens is 2. The molecule has 0 spiro atoms. The van der Waals surface area contributed by atoms with E-state index in [-0.39, 0.29) is 34.2 Å². The lowest BCUT2D eigenvalue weighted by Gasteiger charge is -2.16. The molecule has 6 nitrogen and oxygen atoms in total. The van der Waals surface area contributed by atoms with Crippen molar-refractivity contribution in [3.05, 3.63) is 68.7 Å². The molecule has 0 radical (unpaired) electrons. The SMILES string of the molecule is COc1cccc(-c2nc(SC)[nH]c(=O)c2C#N)c1OCc1c(F)cccc1Cl. The number of hydrogen-bond donors (Lipinski definition) is 1. The fourth-order valence-corrected chi connectivity index (χ4v) is 3.27. The highest BCUT2D eigenvalue weighted by atomic mass is 35.5. The van der Waals surface area contributed by atoms with Crippen LogP contribution < -0.4 is 15.0 Å². The molecular weight excluding hydrogens is 417 g/mol. The van der Waals surface area contributed by atoms with Gasteiger partial charge in [-0.2, -0.15) is 5.26 Å². The Kier molecular flexibility index (Phi) is 6.42. The summed E-state index contributed by atoms with van der Waals surface area (Å²) in [5, 5.41) is 10.0. The number of benzene rings is 2. The van der Waals surface area contributed by atoms with Crippen LogP contribution in [-0.4, -0.2) is 23.3 Å². The van der Waals surface area contributed by atoms with E-state index in [0.29, 0.717) is 16.5 Å². The zero-order valence-electron chi connectivity index (χ0n) is 15.5. The summed E-state index contributed by atoms with van der Waals surface area (Å²) in [6.45, 7) is -0.181. The van der Waals surface area contributed by atoms with E-state index in [2.05, 4.69) is 9.97 Å². The fraction of sp³-hybridized carbons (Fsp3) is 0.150. The third-order valence-corrected chi connectivity index (χ3v) is 5.01. The van der Waals surface area contributed by atoms with Gasteiger partial charge >= 0.3 is 0 Å². The number of methoxy groups -OCH3 is 1. The van der Waals surface area contributed by atoms with E-state index in [4.69, 9.17) is 21.1 Å². The van der Waals surface area contributed by atoms with Crippen molar-refractivity contribution < 1.29 is 13.9 Å². The molecule has 0 unspecified atom stereocenters. The lowest BCUT2D eigenvalue weighted by atomic mass is 10.1. The smallest absolute Gasteiger partial charge is 0.270 e. The molecule has 2 aromatic carbocycles. The van der Waals surface area contributed by atoms with Crippen molar-refractivity contribution in [2.45, 2.75) is 11.8 Å². The number of thioether (sulfide) groups is 1. The number of rotatable bonds is 6. The van der Waals surface area contributed by atoms with E-state index in [9.17, 15) is 14.4 Å². The predicted molar refractivity (Wildman–Crippen MR) is 109 cm³/mol. The van der Waals surface area contributed by atoms with Crippen LogP contribution in [0.1, 0.15) is 11.1 Å². The van der Waals surface area contributed by atoms with E-state index in [1.807, 2.05) is 6.07 Å². The topological polar surface area (TPSA) is 88.0 Å². The highest BCUT2D eigenvalue weighted by molar-refractivity contribution is 7.98. The average Bonchev–Trinajstić information content (AvgIpc) is 2.72. The number of nitrogens with one attached hydrogen (secondary N) is 1. The first-order valence-corrected chi connectivity index (χ1v) is 9.91. The van der Waals surface area contributed by atoms with Crippen molar-refractivity contribution in [1.29, 1.82) is 5.26 Å². The Morgan fingerprint density at radius 3 is 2.72 bits per heavy atom. The maximum atomic E-state index is 14.1. The number of aromatic amines is 1. The lowest BCUT2D eigenvalue weighted by Crippen LogP contribution is -2.15. The van der Waals surface area contributed by atoms with E-state index >= 15 is 0 Å². The summed E-state index contributed by atoms with van der Waals surface area (Å²) < 4.78 is 25.3. The molecule has 0 amide bonds. The molecule has 0 aliphatic carbocycles. The van der Waals surface area contributed by atoms with Crippen LogP contribution in [0.5, 0.6) is 11.5 Å². The number of H-pyrrole nitrogens is 1. The first kappa shape index (κ1) is 20.7. The number of nitriles is 1. The Morgan fingerprint density at radius 2 is 2.07 bits per heavy atom. The van der Waals surface area contributed by atoms with Crippen LogP contribution in [0, 0.1) is 17.1 Å². The molecule has 148 valence electrons. The van der Waals surface area contributed by atoms with Gasteiger partial charge in [-0.25, -0.2) is 9.37 Å². The second kappa shape index (κ2) is 8.99. The first-order chi connectivity index (χ1) is 14.0. The minimum atomic E-state index is -0.562. The van der Waals surface area contributed by atoms with Crippen LogP contribution in [0.25, 0.3) is 11.3 Å². The molecule has 0 saturated carbocycles. The van der Waals surface area contributed by atoms with Crippen LogP contribution in [0.3, 0.4) is 0 Å². The van der Waals surface area contributed by atoms with Gasteiger partial charge in [-0.3, -0.25) is 4.79 Å². The minimum Gasteiger partial charge on any atom is -0.493 e. The normalized spacial score (nSPS) is 10.4. The summed E-state index contributed by atoms with van der Waals surface area (Å²) in [5.41, 5.74) is -0.0308. The molecule has 3 rings (SSSR count). The zero-order valence-corrected chi connectivity index (χ0v) is 17.0. The molecule has 9 heteroatoms. The van der Waals surface area contributed by atoms with Crippen molar-refractivity contribution >= 4 is 23.4 Å². The summed E-state index contributed by atoms with van der Waals surface area (Å²) >= 11 is 7.31. The van der Waals surface area contributed by atoms with Gasteiger partial charge < -0.3 is 14.5 Å². The van der Waals surface area contributed by atoms with Gasteiger partial charge in [0.1, 0.15) is 29.8 Å². The molecule has 0 saturated heterocycles. The second-order valence-corrected chi connectivity index (χ2v) is 6.94. The van der Waals surface area contributed by atoms with Crippen LogP contribution in [0.2, 0.25) is 5.02 Å². The molecule has 1 aromatic heterocycles. The fourth-order valence-electron chi connectivity index (χ4n) is 2.67. The van der Waals surface area contributed by atoms with E-state index in [1.165, 1.54) is 31.0 Å². The average molecular weight is 432 g/mol. The Labute approximate surface area is 175 Å². The van der Waals surface area contributed by atoms with Crippen molar-refractivity contribution in [3.63, 3.8) is 0 Å². The quantitative estimate of drug-likeness (QED) is 0.459. The monoisotopic (exact) mass is 431 g/mol. The molecule has 0 atom stereocenters. The standard InChI is InChI=1S/C20H15ClFN3O3S/c1-27-16-8-3-5-11(17-12(9-23)19(26)25-20(24-17)29-2)18(16)28-10-13-14(21)6-4-7-15(13)22/h3-8H,10H2,1-2H3,(H,24,25,26). The maximum absolute atomic E-state index is 14.1. The molecule has 1 N–H and O–H groups in total. The summed E-state index contributed by atoms with van der Waals surface area (Å²) in [6, 6.07) is 11.2. The van der Waals surface area contributed by atoms with E-state index in [0.717, 1.165) is 0 Å². The molecule has 0 fully saturated rings. The van der Waals surface area contributed by atoms with Gasteiger partial charge in [-0.05, 0) is 30.5 Å². The Balaban J connectivity index is 2.14. The Morgan fingerprint density at radius 1 is 1.31 bits per heavy atom. The molecule has 3 aromatic rings. The number of nitrogens with zero attached hydrogens (tertiary/aromatic N) is 2. The molecule has 29 heavy (non-hydrogen) atoms. The third-order valence-electron chi connectivity index (χ3n) is 4.08. The maximum Gasteiger partial charge on any atom is 0.270 e. The van der Waals surface area contributed by atoms with Gasteiger partial charge in [0.05, 0.1) is 12.1 Å². The summed E-state index contributed by atoms with van der Waals surface area (Å²) in [7, 11) is 1.45. The van der Waals surface area contributed by atoms with Crippen LogP contribution in [0.15, 0.2) is 46.3 Å². The van der Waals surface area contributed by atoms with Crippen molar-refractivity contribution in [1.82, 2.24) is 9.97 Å². The van der Waals surface area contributed by atoms with Gasteiger partial charge in [0.15, 0.2) is 16.7 Å². The number of halogens is 2. The van der Waals surface area contributed by atoms with E-state index in [1.54, 1.807) is 30.5 Å². The van der Waals surface area contributed by atoms with Gasteiger partial charge in [0.2, 0.25) is 0 Å². The van der Waals surface area contributed by atoms with Crippen molar-refractivity contribution in [2.24, 2.45) is 0 Å². The number of hydrogen-bond acceptors (Lipinski definition) is 6. The molecular formula is C20H15ClFN3O3S. The molecule has 0 bridgehead atoms. The zero-order chi connectivity index (χ0) is 21.0. The molecule has 0 aliphatic rings. The number of para-hydroxylation sites is 1. The number of ether oxygens (including phenoxy) is 2. The minimum absolute atomic E-state index is 0.147. The first-order valence-electron chi connectivity index (χ1n) is 8.31. The lowest BCUT2D eigenvalue weighted by molar-refractivity contribution is 0.281. The summed E-state index contributed by atoms with van der Waals surface area (Å²) in [6.07, 6.45) is 1.75. The summed E-state index contributed by atoms with van der Waals surface area (Å²) in [5.74, 6) is 0.0493. The Bertz CT molecular complexity index is 1140. The van der Waals surface area contributed by atoms with E-state index < -0.39 is 11.4 Å². The van der Waals surface area contributed by atoms with Gasteiger partial charge in [0, 0.05) is 11.1 Å². The highest BCUT2D eigenvalue weighted by Crippen LogP contribution is 2.39. The largest absolute Gasteiger partial charge is 0.493 e. The molecule has 0 aliphatic heterocycles. The molecule has 1 heterocycles. The van der Waals surface area contributed by atoms with Gasteiger partial charge in [0.25, 0.3) is 5.56 Å². The van der Waals surface area contributed by atoms with Crippen molar-refractivity contribution in [3.8, 4) is 28.8 Å². The second-order valence-electron chi connectivity index (χ2n) is 5.74. The van der Waals surface area contributed by atoms with Crippen LogP contribution in [0.4, 0.5) is 4.39 Å². The van der Waals surface area contributed by atoms with Crippen LogP contribution >= 0.6 is 23.4 Å².